The fraction of sp³-hybridized carbons (Fsp3) is 0.625. The smallest absolute Gasteiger partial charge is 0.104 e. The number of hydrogen-bond acceptors (Lipinski definition) is 4. The summed E-state index contributed by atoms with van der Waals surface area (Å²) in [4.78, 5) is 7.40. The summed E-state index contributed by atoms with van der Waals surface area (Å²) in [5, 5.41) is 8.71. The fourth-order valence-electron chi connectivity index (χ4n) is 2.71. The molecule has 1 aromatic heterocycles. The predicted molar refractivity (Wildman–Crippen MR) is 84.9 cm³/mol. The number of nitrogens with zero attached hydrogens (tertiary/aromatic N) is 2. The summed E-state index contributed by atoms with van der Waals surface area (Å²) in [6.07, 6.45) is 2.54. The molecule has 1 fully saturated rings. The summed E-state index contributed by atoms with van der Waals surface area (Å²) in [5.41, 5.74) is 0. The SMILES string of the molecule is CCN1CCC(N(C)Cc2ccc(C#CCO)s2)CC1. The molecule has 0 unspecified atom stereocenters. The van der Waals surface area contributed by atoms with E-state index < -0.39 is 0 Å². The minimum atomic E-state index is -0.0663. The van der Waals surface area contributed by atoms with Crippen molar-refractivity contribution >= 4 is 11.3 Å². The number of aliphatic hydroxyl groups excluding tert-OH is 1. The molecule has 20 heavy (non-hydrogen) atoms. The van der Waals surface area contributed by atoms with E-state index in [1.165, 1.54) is 37.4 Å². The maximum absolute atomic E-state index is 8.71. The zero-order valence-electron chi connectivity index (χ0n) is 12.4. The van der Waals surface area contributed by atoms with Crippen LogP contribution in [0.25, 0.3) is 0 Å². The third-order valence-electron chi connectivity index (χ3n) is 3.99. The number of hydrogen-bond donors (Lipinski definition) is 1. The van der Waals surface area contributed by atoms with Crippen LogP contribution in [-0.4, -0.2) is 54.2 Å². The van der Waals surface area contributed by atoms with Gasteiger partial charge in [0.25, 0.3) is 0 Å². The van der Waals surface area contributed by atoms with Gasteiger partial charge in [0, 0.05) is 17.5 Å². The lowest BCUT2D eigenvalue weighted by Crippen LogP contribution is -2.42. The number of likely N-dealkylation sites (tertiary alicyclic amines) is 1. The Hall–Kier alpha value is -0.860. The van der Waals surface area contributed by atoms with Crippen molar-refractivity contribution < 1.29 is 5.11 Å². The Morgan fingerprint density at radius 2 is 2.15 bits per heavy atom. The minimum absolute atomic E-state index is 0.0663. The van der Waals surface area contributed by atoms with E-state index in [2.05, 4.69) is 47.7 Å². The second-order valence-electron chi connectivity index (χ2n) is 5.31. The van der Waals surface area contributed by atoms with Gasteiger partial charge in [0.1, 0.15) is 6.61 Å². The van der Waals surface area contributed by atoms with Crippen molar-refractivity contribution in [3.63, 3.8) is 0 Å². The van der Waals surface area contributed by atoms with Gasteiger partial charge in [0.05, 0.1) is 4.88 Å². The van der Waals surface area contributed by atoms with Crippen molar-refractivity contribution in [1.29, 1.82) is 0 Å². The Labute approximate surface area is 126 Å². The van der Waals surface area contributed by atoms with Gasteiger partial charge in [0.2, 0.25) is 0 Å². The Balaban J connectivity index is 1.85. The number of aliphatic hydroxyl groups is 1. The first kappa shape index (κ1) is 15.5. The molecular weight excluding hydrogens is 268 g/mol. The Morgan fingerprint density at radius 3 is 2.80 bits per heavy atom. The molecule has 3 nitrogen and oxygen atoms in total. The molecule has 1 aromatic rings. The summed E-state index contributed by atoms with van der Waals surface area (Å²) >= 11 is 1.73. The molecule has 0 atom stereocenters. The summed E-state index contributed by atoms with van der Waals surface area (Å²) in [6.45, 7) is 6.80. The van der Waals surface area contributed by atoms with Gasteiger partial charge in [-0.05, 0) is 51.7 Å². The molecule has 1 aliphatic heterocycles. The van der Waals surface area contributed by atoms with Gasteiger partial charge in [-0.25, -0.2) is 0 Å². The van der Waals surface area contributed by atoms with Gasteiger partial charge < -0.3 is 10.0 Å². The average molecular weight is 292 g/mol. The molecule has 0 saturated carbocycles. The van der Waals surface area contributed by atoms with Crippen molar-refractivity contribution in [3.8, 4) is 11.8 Å². The highest BCUT2D eigenvalue weighted by atomic mass is 32.1. The number of thiophene rings is 1. The molecule has 1 N–H and O–H groups in total. The highest BCUT2D eigenvalue weighted by Crippen LogP contribution is 2.21. The summed E-state index contributed by atoms with van der Waals surface area (Å²) in [6, 6.07) is 4.91. The predicted octanol–water partition coefficient (Wildman–Crippen LogP) is 2.01. The molecule has 0 bridgehead atoms. The van der Waals surface area contributed by atoms with Gasteiger partial charge in [-0.2, -0.15) is 0 Å². The van der Waals surface area contributed by atoms with Crippen LogP contribution in [-0.2, 0) is 6.54 Å². The van der Waals surface area contributed by atoms with E-state index in [1.807, 2.05) is 0 Å². The van der Waals surface area contributed by atoms with E-state index in [9.17, 15) is 0 Å². The van der Waals surface area contributed by atoms with Crippen LogP contribution in [0.5, 0.6) is 0 Å². The normalized spacial score (nSPS) is 17.2. The topological polar surface area (TPSA) is 26.7 Å². The molecule has 1 aliphatic rings. The highest BCUT2D eigenvalue weighted by Gasteiger charge is 2.21. The van der Waals surface area contributed by atoms with Gasteiger partial charge in [-0.15, -0.1) is 11.3 Å². The van der Waals surface area contributed by atoms with Crippen LogP contribution in [0.3, 0.4) is 0 Å². The van der Waals surface area contributed by atoms with Crippen molar-refractivity contribution in [1.82, 2.24) is 9.80 Å². The Kier molecular flexibility index (Phi) is 6.06. The van der Waals surface area contributed by atoms with Crippen LogP contribution in [0.4, 0.5) is 0 Å². The zero-order valence-corrected chi connectivity index (χ0v) is 13.2. The number of piperidine rings is 1. The van der Waals surface area contributed by atoms with E-state index in [4.69, 9.17) is 5.11 Å². The summed E-state index contributed by atoms with van der Waals surface area (Å²) in [5.74, 6) is 5.68. The standard InChI is InChI=1S/C16H24N2OS/c1-3-18-10-8-14(9-11-18)17(2)13-16-7-6-15(20-16)5-4-12-19/h6-7,14,19H,3,8-13H2,1-2H3. The van der Waals surface area contributed by atoms with Crippen molar-refractivity contribution in [2.75, 3.05) is 33.3 Å². The van der Waals surface area contributed by atoms with E-state index in [-0.39, 0.29) is 6.61 Å². The Bertz CT molecular complexity index is 466. The molecule has 2 rings (SSSR count). The third-order valence-corrected chi connectivity index (χ3v) is 4.97. The van der Waals surface area contributed by atoms with Gasteiger partial charge in [0.15, 0.2) is 0 Å². The fourth-order valence-corrected chi connectivity index (χ4v) is 3.65. The highest BCUT2D eigenvalue weighted by molar-refractivity contribution is 7.12. The van der Waals surface area contributed by atoms with Crippen LogP contribution < -0.4 is 0 Å². The van der Waals surface area contributed by atoms with Gasteiger partial charge in [-0.1, -0.05) is 18.8 Å². The molecule has 0 aliphatic carbocycles. The Morgan fingerprint density at radius 1 is 1.40 bits per heavy atom. The van der Waals surface area contributed by atoms with Gasteiger partial charge >= 0.3 is 0 Å². The second kappa shape index (κ2) is 7.80. The third kappa shape index (κ3) is 4.32. The lowest BCUT2D eigenvalue weighted by Gasteiger charge is -2.36. The van der Waals surface area contributed by atoms with Crippen LogP contribution in [0.2, 0.25) is 0 Å². The molecule has 4 heteroatoms. The average Bonchev–Trinajstić information content (AvgIpc) is 2.92. The molecule has 0 aromatic carbocycles. The van der Waals surface area contributed by atoms with Crippen LogP contribution in [0.15, 0.2) is 12.1 Å². The molecule has 0 spiro atoms. The first-order valence-electron chi connectivity index (χ1n) is 7.34. The molecule has 110 valence electrons. The largest absolute Gasteiger partial charge is 0.384 e. The number of rotatable bonds is 4. The second-order valence-corrected chi connectivity index (χ2v) is 6.47. The van der Waals surface area contributed by atoms with E-state index in [0.29, 0.717) is 6.04 Å². The summed E-state index contributed by atoms with van der Waals surface area (Å²) in [7, 11) is 2.23. The first-order valence-corrected chi connectivity index (χ1v) is 8.15. The van der Waals surface area contributed by atoms with E-state index in [1.54, 1.807) is 11.3 Å². The van der Waals surface area contributed by atoms with Crippen LogP contribution in [0.1, 0.15) is 29.5 Å². The minimum Gasteiger partial charge on any atom is -0.384 e. The lowest BCUT2D eigenvalue weighted by molar-refractivity contribution is 0.128. The lowest BCUT2D eigenvalue weighted by atomic mass is 10.0. The molecular formula is C16H24N2OS. The maximum atomic E-state index is 8.71. The van der Waals surface area contributed by atoms with Crippen LogP contribution >= 0.6 is 11.3 Å². The molecule has 0 amide bonds. The van der Waals surface area contributed by atoms with Crippen molar-refractivity contribution in [3.05, 3.63) is 21.9 Å². The van der Waals surface area contributed by atoms with Crippen molar-refractivity contribution in [2.24, 2.45) is 0 Å². The monoisotopic (exact) mass is 292 g/mol. The summed E-state index contributed by atoms with van der Waals surface area (Å²) < 4.78 is 0. The zero-order chi connectivity index (χ0) is 14.4. The van der Waals surface area contributed by atoms with E-state index in [0.717, 1.165) is 11.4 Å². The quantitative estimate of drug-likeness (QED) is 0.860. The molecule has 2 heterocycles. The van der Waals surface area contributed by atoms with Crippen molar-refractivity contribution in [2.45, 2.75) is 32.4 Å². The maximum Gasteiger partial charge on any atom is 0.104 e. The molecule has 1 saturated heterocycles. The van der Waals surface area contributed by atoms with Gasteiger partial charge in [-0.3, -0.25) is 4.90 Å². The van der Waals surface area contributed by atoms with Crippen LogP contribution in [0, 0.1) is 11.8 Å². The van der Waals surface area contributed by atoms with E-state index >= 15 is 0 Å². The first-order chi connectivity index (χ1) is 9.72. The molecule has 0 radical (unpaired) electrons.